The van der Waals surface area contributed by atoms with E-state index < -0.39 is 6.09 Å². The van der Waals surface area contributed by atoms with E-state index in [1.807, 2.05) is 30.5 Å². The lowest BCUT2D eigenvalue weighted by Crippen LogP contribution is -2.13. The standard InChI is InChI=1S/C14H14N2O2S/c1-19-13-4-2-12(3-5-13)16-14(17)18-10-11-6-8-15-9-7-11/h2-9H,10H2,1H3,(H,16,17). The van der Waals surface area contributed by atoms with Crippen molar-refractivity contribution in [2.24, 2.45) is 0 Å². The Labute approximate surface area is 116 Å². The van der Waals surface area contributed by atoms with Crippen molar-refractivity contribution >= 4 is 23.5 Å². The van der Waals surface area contributed by atoms with Crippen molar-refractivity contribution in [2.75, 3.05) is 11.6 Å². The second-order valence-corrected chi connectivity index (χ2v) is 4.66. The number of carbonyl (C=O) groups is 1. The highest BCUT2D eigenvalue weighted by Gasteiger charge is 2.03. The molecule has 0 saturated heterocycles. The number of hydrogen-bond acceptors (Lipinski definition) is 4. The molecule has 0 unspecified atom stereocenters. The summed E-state index contributed by atoms with van der Waals surface area (Å²) in [6.45, 7) is 0.233. The van der Waals surface area contributed by atoms with E-state index in [4.69, 9.17) is 4.74 Å². The van der Waals surface area contributed by atoms with Gasteiger partial charge in [0.15, 0.2) is 0 Å². The molecule has 0 radical (unpaired) electrons. The summed E-state index contributed by atoms with van der Waals surface area (Å²) in [5, 5.41) is 2.68. The Bertz CT molecular complexity index is 529. The van der Waals surface area contributed by atoms with E-state index in [1.165, 1.54) is 0 Å². The summed E-state index contributed by atoms with van der Waals surface area (Å²) in [5.74, 6) is 0. The molecule has 1 N–H and O–H groups in total. The van der Waals surface area contributed by atoms with Crippen LogP contribution in [0.1, 0.15) is 5.56 Å². The molecule has 4 nitrogen and oxygen atoms in total. The van der Waals surface area contributed by atoms with Crippen LogP contribution in [0.25, 0.3) is 0 Å². The summed E-state index contributed by atoms with van der Waals surface area (Å²) < 4.78 is 5.11. The molecule has 1 aromatic carbocycles. The van der Waals surface area contributed by atoms with E-state index in [9.17, 15) is 4.79 Å². The van der Waals surface area contributed by atoms with Crippen LogP contribution in [-0.4, -0.2) is 17.3 Å². The maximum atomic E-state index is 11.6. The van der Waals surface area contributed by atoms with Gasteiger partial charge in [-0.2, -0.15) is 0 Å². The number of nitrogens with zero attached hydrogens (tertiary/aromatic N) is 1. The van der Waals surface area contributed by atoms with Crippen LogP contribution in [-0.2, 0) is 11.3 Å². The number of benzene rings is 1. The first-order valence-corrected chi connectivity index (χ1v) is 6.97. The van der Waals surface area contributed by atoms with Crippen molar-refractivity contribution in [2.45, 2.75) is 11.5 Å². The quantitative estimate of drug-likeness (QED) is 0.866. The third-order valence-corrected chi connectivity index (χ3v) is 3.20. The third-order valence-electron chi connectivity index (χ3n) is 2.46. The topological polar surface area (TPSA) is 51.2 Å². The van der Waals surface area contributed by atoms with Gasteiger partial charge in [-0.05, 0) is 48.2 Å². The van der Waals surface area contributed by atoms with Crippen LogP contribution >= 0.6 is 11.8 Å². The smallest absolute Gasteiger partial charge is 0.411 e. The number of rotatable bonds is 4. The van der Waals surface area contributed by atoms with Gasteiger partial charge in [-0.25, -0.2) is 4.79 Å². The van der Waals surface area contributed by atoms with Gasteiger partial charge < -0.3 is 4.74 Å². The maximum Gasteiger partial charge on any atom is 0.411 e. The number of carbonyl (C=O) groups excluding carboxylic acids is 1. The third kappa shape index (κ3) is 4.30. The summed E-state index contributed by atoms with van der Waals surface area (Å²) in [6.07, 6.45) is 4.87. The van der Waals surface area contributed by atoms with E-state index in [2.05, 4.69) is 10.3 Å². The van der Waals surface area contributed by atoms with Gasteiger partial charge in [0.05, 0.1) is 0 Å². The lowest BCUT2D eigenvalue weighted by molar-refractivity contribution is 0.155. The maximum absolute atomic E-state index is 11.6. The minimum Gasteiger partial charge on any atom is -0.444 e. The molecule has 1 heterocycles. The number of amides is 1. The lowest BCUT2D eigenvalue weighted by atomic mass is 10.3. The molecule has 98 valence electrons. The molecule has 0 bridgehead atoms. The average Bonchev–Trinajstić information content (AvgIpc) is 2.47. The highest BCUT2D eigenvalue weighted by Crippen LogP contribution is 2.17. The number of ether oxygens (including phenoxy) is 1. The first-order valence-electron chi connectivity index (χ1n) is 5.74. The van der Waals surface area contributed by atoms with Crippen molar-refractivity contribution in [3.63, 3.8) is 0 Å². The van der Waals surface area contributed by atoms with Gasteiger partial charge in [0, 0.05) is 23.0 Å². The number of hydrogen-bond donors (Lipinski definition) is 1. The van der Waals surface area contributed by atoms with E-state index in [-0.39, 0.29) is 6.61 Å². The first kappa shape index (κ1) is 13.4. The zero-order chi connectivity index (χ0) is 13.5. The van der Waals surface area contributed by atoms with Gasteiger partial charge in [0.25, 0.3) is 0 Å². The molecule has 0 aliphatic carbocycles. The molecule has 0 fully saturated rings. The molecule has 0 aliphatic heterocycles. The molecule has 1 amide bonds. The Kier molecular flexibility index (Phi) is 4.80. The molecule has 0 aliphatic rings. The van der Waals surface area contributed by atoms with E-state index in [0.29, 0.717) is 0 Å². The molecule has 5 heteroatoms. The van der Waals surface area contributed by atoms with Crippen LogP contribution in [0.2, 0.25) is 0 Å². The molecule has 2 aromatic rings. The molecule has 0 saturated carbocycles. The highest BCUT2D eigenvalue weighted by atomic mass is 32.2. The summed E-state index contributed by atoms with van der Waals surface area (Å²) >= 11 is 1.65. The van der Waals surface area contributed by atoms with Crippen molar-refractivity contribution < 1.29 is 9.53 Å². The monoisotopic (exact) mass is 274 g/mol. The van der Waals surface area contributed by atoms with Gasteiger partial charge in [0.1, 0.15) is 6.61 Å². The zero-order valence-electron chi connectivity index (χ0n) is 10.5. The average molecular weight is 274 g/mol. The molecule has 19 heavy (non-hydrogen) atoms. The van der Waals surface area contributed by atoms with Crippen molar-refractivity contribution in [3.8, 4) is 0 Å². The van der Waals surface area contributed by atoms with Gasteiger partial charge in [0.2, 0.25) is 0 Å². The summed E-state index contributed by atoms with van der Waals surface area (Å²) in [6, 6.07) is 11.2. The number of aromatic nitrogens is 1. The highest BCUT2D eigenvalue weighted by molar-refractivity contribution is 7.98. The Morgan fingerprint density at radius 2 is 1.89 bits per heavy atom. The van der Waals surface area contributed by atoms with E-state index >= 15 is 0 Å². The number of nitrogens with one attached hydrogen (secondary N) is 1. The van der Waals surface area contributed by atoms with Crippen molar-refractivity contribution in [1.82, 2.24) is 4.98 Å². The zero-order valence-corrected chi connectivity index (χ0v) is 11.3. The minimum atomic E-state index is -0.464. The number of pyridine rings is 1. The van der Waals surface area contributed by atoms with Crippen molar-refractivity contribution in [1.29, 1.82) is 0 Å². The fourth-order valence-corrected chi connectivity index (χ4v) is 1.86. The molecule has 0 atom stereocenters. The SMILES string of the molecule is CSc1ccc(NC(=O)OCc2ccncc2)cc1. The Balaban J connectivity index is 1.83. The van der Waals surface area contributed by atoms with Gasteiger partial charge in [-0.15, -0.1) is 11.8 Å². The summed E-state index contributed by atoms with van der Waals surface area (Å²) in [5.41, 5.74) is 1.63. The lowest BCUT2D eigenvalue weighted by Gasteiger charge is -2.07. The Morgan fingerprint density at radius 3 is 2.53 bits per heavy atom. The van der Waals surface area contributed by atoms with Crippen LogP contribution in [0.5, 0.6) is 0 Å². The summed E-state index contributed by atoms with van der Waals surface area (Å²) in [4.78, 5) is 16.6. The summed E-state index contributed by atoms with van der Waals surface area (Å²) in [7, 11) is 0. The molecular formula is C14H14N2O2S. The fraction of sp³-hybridized carbons (Fsp3) is 0.143. The van der Waals surface area contributed by atoms with Crippen LogP contribution in [0.15, 0.2) is 53.7 Å². The normalized spacial score (nSPS) is 9.95. The Hall–Kier alpha value is -2.01. The van der Waals surface area contributed by atoms with Crippen LogP contribution in [0.4, 0.5) is 10.5 Å². The molecule has 0 spiro atoms. The van der Waals surface area contributed by atoms with Crippen LogP contribution in [0, 0.1) is 0 Å². The molecule has 2 rings (SSSR count). The van der Waals surface area contributed by atoms with Crippen molar-refractivity contribution in [3.05, 3.63) is 54.4 Å². The van der Waals surface area contributed by atoms with Gasteiger partial charge in [-0.1, -0.05) is 0 Å². The first-order chi connectivity index (χ1) is 9.28. The van der Waals surface area contributed by atoms with Crippen LogP contribution in [0.3, 0.4) is 0 Å². The van der Waals surface area contributed by atoms with Gasteiger partial charge in [-0.3, -0.25) is 10.3 Å². The second-order valence-electron chi connectivity index (χ2n) is 3.79. The predicted molar refractivity (Wildman–Crippen MR) is 76.3 cm³/mol. The molecular weight excluding hydrogens is 260 g/mol. The molecule has 1 aromatic heterocycles. The fourth-order valence-electron chi connectivity index (χ4n) is 1.46. The van der Waals surface area contributed by atoms with E-state index in [1.54, 1.807) is 36.3 Å². The second kappa shape index (κ2) is 6.80. The van der Waals surface area contributed by atoms with Crippen LogP contribution < -0.4 is 5.32 Å². The minimum absolute atomic E-state index is 0.233. The predicted octanol–water partition coefficient (Wildman–Crippen LogP) is 3.55. The number of thioether (sulfide) groups is 1. The van der Waals surface area contributed by atoms with Gasteiger partial charge >= 0.3 is 6.09 Å². The van der Waals surface area contributed by atoms with E-state index in [0.717, 1.165) is 16.1 Å². The largest absolute Gasteiger partial charge is 0.444 e. The Morgan fingerprint density at radius 1 is 1.21 bits per heavy atom. The number of anilines is 1.